The first-order chi connectivity index (χ1) is 17.9. The Morgan fingerprint density at radius 3 is 2.38 bits per heavy atom. The molecule has 0 fully saturated rings. The van der Waals surface area contributed by atoms with Gasteiger partial charge in [-0.15, -0.1) is 0 Å². The van der Waals surface area contributed by atoms with Gasteiger partial charge in [-0.25, -0.2) is 0 Å². The maximum Gasteiger partial charge on any atom is 0.161 e. The molecule has 3 aromatic rings. The second kappa shape index (κ2) is 14.7. The van der Waals surface area contributed by atoms with E-state index < -0.39 is 22.2 Å². The number of Topliss-reactive ketones (excluding diaryl/α,β-unsaturated/α-hetero) is 1. The van der Waals surface area contributed by atoms with Gasteiger partial charge in [0.05, 0.1) is 29.3 Å². The quantitative estimate of drug-likeness (QED) is 0.257. The van der Waals surface area contributed by atoms with Crippen LogP contribution in [-0.2, 0) is 28.6 Å². The number of rotatable bonds is 15. The molecule has 1 N–H and O–H groups in total. The van der Waals surface area contributed by atoms with Gasteiger partial charge in [0.25, 0.3) is 0 Å². The molecule has 0 aliphatic carbocycles. The highest BCUT2D eigenvalue weighted by Crippen LogP contribution is 2.29. The number of hydrogen-bond acceptors (Lipinski definition) is 5. The van der Waals surface area contributed by atoms with Crippen molar-refractivity contribution in [1.82, 2.24) is 0 Å². The molecule has 37 heavy (non-hydrogen) atoms. The third-order valence-corrected chi connectivity index (χ3v) is 8.23. The van der Waals surface area contributed by atoms with E-state index in [1.807, 2.05) is 79.7 Å². The minimum Gasteiger partial charge on any atom is -0.493 e. The Labute approximate surface area is 223 Å². The molecule has 0 aliphatic rings. The highest BCUT2D eigenvalue weighted by molar-refractivity contribution is 7.85. The van der Waals surface area contributed by atoms with Gasteiger partial charge in [0, 0.05) is 17.7 Å². The van der Waals surface area contributed by atoms with Gasteiger partial charge in [-0.2, -0.15) is 0 Å². The van der Waals surface area contributed by atoms with Crippen LogP contribution in [-0.4, -0.2) is 33.6 Å². The third-order valence-electron chi connectivity index (χ3n) is 6.39. The van der Waals surface area contributed by atoms with E-state index in [0.717, 1.165) is 29.5 Å². The van der Waals surface area contributed by atoms with Gasteiger partial charge in [0.15, 0.2) is 11.5 Å². The minimum atomic E-state index is -1.37. The predicted molar refractivity (Wildman–Crippen MR) is 149 cm³/mol. The van der Waals surface area contributed by atoms with Gasteiger partial charge in [-0.3, -0.25) is 9.00 Å². The monoisotopic (exact) mass is 522 g/mol. The SMILES string of the molecule is CCCCC([C@H](O)CC(=O)CCc1ccc(OCc2ccccc2)c(OC)c1)[S@@](=O)c1ccc(C)cc1. The number of methoxy groups -OCH3 is 1. The van der Waals surface area contributed by atoms with Crippen molar-refractivity contribution in [2.24, 2.45) is 0 Å². The van der Waals surface area contributed by atoms with Crippen LogP contribution < -0.4 is 9.47 Å². The smallest absolute Gasteiger partial charge is 0.161 e. The van der Waals surface area contributed by atoms with E-state index in [2.05, 4.69) is 6.92 Å². The molecular weight excluding hydrogens is 484 g/mol. The van der Waals surface area contributed by atoms with Gasteiger partial charge < -0.3 is 14.6 Å². The molecule has 3 aromatic carbocycles. The number of carbonyl (C=O) groups is 1. The Morgan fingerprint density at radius 2 is 1.70 bits per heavy atom. The zero-order valence-electron chi connectivity index (χ0n) is 22.0. The average Bonchev–Trinajstić information content (AvgIpc) is 2.92. The van der Waals surface area contributed by atoms with Crippen molar-refractivity contribution in [2.75, 3.05) is 7.11 Å². The molecule has 0 radical (unpaired) electrons. The number of unbranched alkanes of at least 4 members (excludes halogenated alkanes) is 1. The fourth-order valence-corrected chi connectivity index (χ4v) is 5.68. The summed E-state index contributed by atoms with van der Waals surface area (Å²) in [6.07, 6.45) is 2.30. The van der Waals surface area contributed by atoms with E-state index in [0.29, 0.717) is 42.3 Å². The van der Waals surface area contributed by atoms with Crippen molar-refractivity contribution in [1.29, 1.82) is 0 Å². The summed E-state index contributed by atoms with van der Waals surface area (Å²) in [5.41, 5.74) is 3.12. The van der Waals surface area contributed by atoms with Crippen LogP contribution >= 0.6 is 0 Å². The zero-order valence-corrected chi connectivity index (χ0v) is 22.8. The van der Waals surface area contributed by atoms with Crippen LogP contribution in [0.25, 0.3) is 0 Å². The second-order valence-electron chi connectivity index (χ2n) is 9.36. The fourth-order valence-electron chi connectivity index (χ4n) is 4.17. The molecule has 0 bridgehead atoms. The summed E-state index contributed by atoms with van der Waals surface area (Å²) in [5.74, 6) is 1.22. The Hall–Kier alpha value is -2.96. The summed E-state index contributed by atoms with van der Waals surface area (Å²) in [7, 11) is 0.225. The Morgan fingerprint density at radius 1 is 0.973 bits per heavy atom. The number of aliphatic hydroxyl groups is 1. The lowest BCUT2D eigenvalue weighted by Crippen LogP contribution is -2.32. The summed E-state index contributed by atoms with van der Waals surface area (Å²) >= 11 is 0. The normalized spacial score (nSPS) is 13.5. The lowest BCUT2D eigenvalue weighted by molar-refractivity contribution is -0.120. The zero-order chi connectivity index (χ0) is 26.6. The van der Waals surface area contributed by atoms with E-state index >= 15 is 0 Å². The van der Waals surface area contributed by atoms with Gasteiger partial charge in [-0.05, 0) is 55.2 Å². The highest BCUT2D eigenvalue weighted by Gasteiger charge is 2.28. The maximum atomic E-state index is 13.2. The molecule has 5 nitrogen and oxygen atoms in total. The summed E-state index contributed by atoms with van der Waals surface area (Å²) in [6, 6.07) is 23.1. The molecule has 0 aromatic heterocycles. The number of hydrogen-bond donors (Lipinski definition) is 1. The number of benzene rings is 3. The predicted octanol–water partition coefficient (Wildman–Crippen LogP) is 6.20. The summed E-state index contributed by atoms with van der Waals surface area (Å²) in [5, 5.41) is 10.4. The van der Waals surface area contributed by atoms with E-state index in [-0.39, 0.29) is 12.2 Å². The van der Waals surface area contributed by atoms with Crippen LogP contribution in [0, 0.1) is 6.92 Å². The first-order valence-corrected chi connectivity index (χ1v) is 14.1. The van der Waals surface area contributed by atoms with Crippen molar-refractivity contribution >= 4 is 16.6 Å². The van der Waals surface area contributed by atoms with E-state index in [1.54, 1.807) is 7.11 Å². The first-order valence-electron chi connectivity index (χ1n) is 12.9. The van der Waals surface area contributed by atoms with Crippen molar-refractivity contribution in [3.63, 3.8) is 0 Å². The number of aryl methyl sites for hydroxylation is 2. The molecule has 0 aliphatic heterocycles. The molecule has 0 spiro atoms. The third kappa shape index (κ3) is 8.83. The van der Waals surface area contributed by atoms with E-state index in [1.165, 1.54) is 0 Å². The highest BCUT2D eigenvalue weighted by atomic mass is 32.2. The molecule has 3 rings (SSSR count). The Kier molecular flexibility index (Phi) is 11.4. The van der Waals surface area contributed by atoms with E-state index in [4.69, 9.17) is 9.47 Å². The lowest BCUT2D eigenvalue weighted by Gasteiger charge is -2.22. The fraction of sp³-hybridized carbons (Fsp3) is 0.387. The van der Waals surface area contributed by atoms with Gasteiger partial charge in [-0.1, -0.05) is 73.9 Å². The van der Waals surface area contributed by atoms with Crippen LogP contribution in [0.15, 0.2) is 77.7 Å². The molecular formula is C31H38O5S. The van der Waals surface area contributed by atoms with E-state index in [9.17, 15) is 14.1 Å². The molecule has 0 saturated heterocycles. The average molecular weight is 523 g/mol. The minimum absolute atomic E-state index is 0.00138. The standard InChI is InChI=1S/C31H38O5S/c1-4-5-11-31(37(34)27-17-12-23(2)13-18-27)28(33)21-26(32)16-14-24-15-19-29(30(20-24)35-3)36-22-25-9-7-6-8-10-25/h6-10,12-13,15,17-20,28,31,33H,4-5,11,14,16,21-22H2,1-3H3/t28-,31?,37+/m1/s1. The molecule has 0 amide bonds. The number of ketones is 1. The molecule has 3 atom stereocenters. The molecule has 1 unspecified atom stereocenters. The molecule has 6 heteroatoms. The van der Waals surface area contributed by atoms with Crippen LogP contribution in [0.1, 0.15) is 55.7 Å². The van der Waals surface area contributed by atoms with Crippen LogP contribution in [0.3, 0.4) is 0 Å². The number of ether oxygens (including phenoxy) is 2. The topological polar surface area (TPSA) is 72.8 Å². The largest absolute Gasteiger partial charge is 0.493 e. The summed E-state index contributed by atoms with van der Waals surface area (Å²) < 4.78 is 24.6. The van der Waals surface area contributed by atoms with Crippen LogP contribution in [0.4, 0.5) is 0 Å². The van der Waals surface area contributed by atoms with Crippen molar-refractivity contribution in [3.8, 4) is 11.5 Å². The van der Waals surface area contributed by atoms with Crippen molar-refractivity contribution in [3.05, 3.63) is 89.5 Å². The maximum absolute atomic E-state index is 13.2. The van der Waals surface area contributed by atoms with Gasteiger partial charge >= 0.3 is 0 Å². The molecule has 0 heterocycles. The first kappa shape index (κ1) is 28.6. The lowest BCUT2D eigenvalue weighted by atomic mass is 10.0. The second-order valence-corrected chi connectivity index (χ2v) is 11.0. The Bertz CT molecular complexity index is 1140. The van der Waals surface area contributed by atoms with Crippen molar-refractivity contribution < 1.29 is 23.6 Å². The summed E-state index contributed by atoms with van der Waals surface area (Å²) in [4.78, 5) is 13.5. The molecule has 0 saturated carbocycles. The van der Waals surface area contributed by atoms with Crippen molar-refractivity contribution in [2.45, 2.75) is 75.2 Å². The molecule has 198 valence electrons. The van der Waals surface area contributed by atoms with Crippen LogP contribution in [0.5, 0.6) is 11.5 Å². The van der Waals surface area contributed by atoms with Crippen LogP contribution in [0.2, 0.25) is 0 Å². The number of aliphatic hydroxyl groups excluding tert-OH is 1. The Balaban J connectivity index is 1.57. The summed E-state index contributed by atoms with van der Waals surface area (Å²) in [6.45, 7) is 4.49. The van der Waals surface area contributed by atoms with Gasteiger partial charge in [0.1, 0.15) is 12.4 Å². The van der Waals surface area contributed by atoms with Gasteiger partial charge in [0.2, 0.25) is 0 Å². The number of carbonyl (C=O) groups excluding carboxylic acids is 1.